The molecule has 1 aliphatic heterocycles. The van der Waals surface area contributed by atoms with Gasteiger partial charge < -0.3 is 5.73 Å². The van der Waals surface area contributed by atoms with Crippen LogP contribution in [0, 0.1) is 5.82 Å². The predicted molar refractivity (Wildman–Crippen MR) is 109 cm³/mol. The van der Waals surface area contributed by atoms with Gasteiger partial charge in [-0.25, -0.2) is 4.39 Å². The Morgan fingerprint density at radius 3 is 2.80 bits per heavy atom. The lowest BCUT2D eigenvalue weighted by molar-refractivity contribution is 0.0996. The van der Waals surface area contributed by atoms with Crippen LogP contribution in [-0.4, -0.2) is 16.7 Å². The van der Waals surface area contributed by atoms with Crippen molar-refractivity contribution in [1.82, 2.24) is 0 Å². The first kappa shape index (κ1) is 20.1. The van der Waals surface area contributed by atoms with Crippen LogP contribution in [0.1, 0.15) is 41.6 Å². The smallest absolute Gasteiger partial charge is 0.177 e. The van der Waals surface area contributed by atoms with E-state index in [4.69, 9.17) is 5.73 Å². The molecule has 2 heterocycles. The Labute approximate surface area is 164 Å². The molecule has 0 unspecified atom stereocenters. The third-order valence-electron chi connectivity index (χ3n) is 4.02. The van der Waals surface area contributed by atoms with Crippen molar-refractivity contribution in [1.29, 1.82) is 0 Å². The van der Waals surface area contributed by atoms with Crippen molar-refractivity contribution in [3.63, 3.8) is 0 Å². The zero-order valence-corrected chi connectivity index (χ0v) is 16.2. The molecule has 0 radical (unpaired) electrons. The lowest BCUT2D eigenvalue weighted by Crippen LogP contribution is -2.29. The SMILES string of the molecule is C.C[C@@]1(c2cc(CC(=O)c3ccc(Br)s3)ccc2F)CCSC(N)=N1. The molecule has 1 atom stereocenters. The summed E-state index contributed by atoms with van der Waals surface area (Å²) in [4.78, 5) is 17.5. The lowest BCUT2D eigenvalue weighted by atomic mass is 9.87. The first-order valence-corrected chi connectivity index (χ1v) is 10.0. The van der Waals surface area contributed by atoms with E-state index in [1.165, 1.54) is 29.2 Å². The third-order valence-corrected chi connectivity index (χ3v) is 6.48. The van der Waals surface area contributed by atoms with E-state index in [-0.39, 0.29) is 25.4 Å². The van der Waals surface area contributed by atoms with Gasteiger partial charge in [-0.15, -0.1) is 11.3 Å². The van der Waals surface area contributed by atoms with Gasteiger partial charge in [-0.3, -0.25) is 9.79 Å². The van der Waals surface area contributed by atoms with Gasteiger partial charge in [0.2, 0.25) is 0 Å². The maximum absolute atomic E-state index is 14.4. The minimum atomic E-state index is -0.676. The topological polar surface area (TPSA) is 55.5 Å². The fourth-order valence-corrected chi connectivity index (χ4v) is 5.01. The molecule has 3 nitrogen and oxygen atoms in total. The van der Waals surface area contributed by atoms with E-state index in [9.17, 15) is 9.18 Å². The van der Waals surface area contributed by atoms with Crippen LogP contribution < -0.4 is 5.73 Å². The zero-order valence-electron chi connectivity index (χ0n) is 13.0. The van der Waals surface area contributed by atoms with Crippen LogP contribution in [0.25, 0.3) is 0 Å². The Morgan fingerprint density at radius 1 is 1.40 bits per heavy atom. The molecule has 0 bridgehead atoms. The van der Waals surface area contributed by atoms with Crippen LogP contribution >= 0.6 is 39.0 Å². The van der Waals surface area contributed by atoms with Crippen molar-refractivity contribution in [2.45, 2.75) is 32.7 Å². The van der Waals surface area contributed by atoms with Crippen LogP contribution in [-0.2, 0) is 12.0 Å². The molecule has 3 rings (SSSR count). The summed E-state index contributed by atoms with van der Waals surface area (Å²) >= 11 is 6.25. The number of carbonyl (C=O) groups is 1. The molecule has 0 aliphatic carbocycles. The second-order valence-electron chi connectivity index (χ2n) is 5.84. The van der Waals surface area contributed by atoms with Crippen LogP contribution in [0.2, 0.25) is 0 Å². The van der Waals surface area contributed by atoms with Crippen molar-refractivity contribution < 1.29 is 9.18 Å². The average molecular weight is 443 g/mol. The molecule has 2 aromatic rings. The van der Waals surface area contributed by atoms with Crippen molar-refractivity contribution in [3.8, 4) is 0 Å². The molecule has 0 amide bonds. The number of aliphatic imine (C=N–C) groups is 1. The number of amidine groups is 1. The number of halogens is 2. The minimum absolute atomic E-state index is 0. The van der Waals surface area contributed by atoms with E-state index < -0.39 is 5.54 Å². The molecule has 25 heavy (non-hydrogen) atoms. The second kappa shape index (κ2) is 8.01. The zero-order chi connectivity index (χ0) is 17.3. The van der Waals surface area contributed by atoms with Crippen molar-refractivity contribution in [3.05, 3.63) is 55.9 Å². The Kier molecular flexibility index (Phi) is 6.45. The van der Waals surface area contributed by atoms with Gasteiger partial charge in [-0.1, -0.05) is 25.3 Å². The van der Waals surface area contributed by atoms with Crippen molar-refractivity contribution in [2.75, 3.05) is 5.75 Å². The van der Waals surface area contributed by atoms with E-state index in [0.29, 0.717) is 22.0 Å². The Morgan fingerprint density at radius 2 is 2.16 bits per heavy atom. The maximum atomic E-state index is 14.4. The van der Waals surface area contributed by atoms with Crippen LogP contribution in [0.3, 0.4) is 0 Å². The van der Waals surface area contributed by atoms with Gasteiger partial charge in [-0.2, -0.15) is 0 Å². The van der Waals surface area contributed by atoms with Gasteiger partial charge in [0, 0.05) is 17.7 Å². The van der Waals surface area contributed by atoms with Crippen molar-refractivity contribution in [2.24, 2.45) is 10.7 Å². The number of nitrogens with zero attached hydrogens (tertiary/aromatic N) is 1. The van der Waals surface area contributed by atoms with Crippen LogP contribution in [0.4, 0.5) is 4.39 Å². The van der Waals surface area contributed by atoms with Gasteiger partial charge in [0.25, 0.3) is 0 Å². The number of rotatable bonds is 4. The second-order valence-corrected chi connectivity index (χ2v) is 9.42. The molecular weight excluding hydrogens is 423 g/mol. The highest BCUT2D eigenvalue weighted by molar-refractivity contribution is 9.11. The number of benzene rings is 1. The van der Waals surface area contributed by atoms with Gasteiger partial charge >= 0.3 is 0 Å². The number of thioether (sulfide) groups is 1. The normalized spacial score (nSPS) is 19.9. The molecule has 0 spiro atoms. The molecule has 0 saturated carbocycles. The number of Topliss-reactive ketones (excluding diaryl/α,β-unsaturated/α-hetero) is 1. The number of hydrogen-bond acceptors (Lipinski definition) is 5. The monoisotopic (exact) mass is 442 g/mol. The maximum Gasteiger partial charge on any atom is 0.177 e. The predicted octanol–water partition coefficient (Wildman–Crippen LogP) is 5.38. The number of ketones is 1. The Bertz CT molecular complexity index is 821. The first-order chi connectivity index (χ1) is 11.4. The largest absolute Gasteiger partial charge is 0.379 e. The van der Waals surface area contributed by atoms with Crippen molar-refractivity contribution >= 4 is 50.0 Å². The Balaban J connectivity index is 0.00000225. The molecule has 2 N–H and O–H groups in total. The average Bonchev–Trinajstić information content (AvgIpc) is 2.95. The van der Waals surface area contributed by atoms with E-state index in [1.807, 2.05) is 13.0 Å². The fraction of sp³-hybridized carbons (Fsp3) is 0.333. The highest BCUT2D eigenvalue weighted by atomic mass is 79.9. The molecule has 1 aliphatic rings. The Hall–Kier alpha value is -1.18. The van der Waals surface area contributed by atoms with Gasteiger partial charge in [0.15, 0.2) is 11.0 Å². The summed E-state index contributed by atoms with van der Waals surface area (Å²) in [5.74, 6) is 0.518. The number of carbonyl (C=O) groups excluding carboxylic acids is 1. The number of thiophene rings is 1. The number of hydrogen-bond donors (Lipinski definition) is 1. The number of nitrogens with two attached hydrogens (primary N) is 1. The van der Waals surface area contributed by atoms with Crippen LogP contribution in [0.15, 0.2) is 39.1 Å². The quantitative estimate of drug-likeness (QED) is 0.646. The van der Waals surface area contributed by atoms with Gasteiger partial charge in [0.1, 0.15) is 5.82 Å². The summed E-state index contributed by atoms with van der Waals surface area (Å²) in [6.07, 6.45) is 0.953. The summed E-state index contributed by atoms with van der Waals surface area (Å²) in [5, 5.41) is 0.480. The molecule has 7 heteroatoms. The summed E-state index contributed by atoms with van der Waals surface area (Å²) in [7, 11) is 0. The molecule has 1 aromatic heterocycles. The highest BCUT2D eigenvalue weighted by Crippen LogP contribution is 2.37. The summed E-state index contributed by atoms with van der Waals surface area (Å²) in [5.41, 5.74) is 6.44. The fourth-order valence-electron chi connectivity index (χ4n) is 2.71. The van der Waals surface area contributed by atoms with Gasteiger partial charge in [-0.05, 0) is 59.1 Å². The summed E-state index contributed by atoms with van der Waals surface area (Å²) in [6.45, 7) is 1.89. The molecule has 134 valence electrons. The molecular formula is C18H20BrFN2OS2. The third kappa shape index (κ3) is 4.51. The standard InChI is InChI=1S/C17H16BrFN2OS2.CH4/c1-17(6-7-23-16(20)21-17)11-8-10(2-3-12(11)19)9-13(22)14-4-5-15(18)24-14;/h2-5,8H,6-7,9H2,1H3,(H2,20,21);1H4/t17-;/m0./s1. The summed E-state index contributed by atoms with van der Waals surface area (Å²) in [6, 6.07) is 8.48. The molecule has 0 fully saturated rings. The summed E-state index contributed by atoms with van der Waals surface area (Å²) < 4.78 is 15.3. The highest BCUT2D eigenvalue weighted by Gasteiger charge is 2.32. The van der Waals surface area contributed by atoms with E-state index in [1.54, 1.807) is 18.2 Å². The lowest BCUT2D eigenvalue weighted by Gasteiger charge is -2.30. The first-order valence-electron chi connectivity index (χ1n) is 7.43. The van der Waals surface area contributed by atoms with Crippen LogP contribution in [0.5, 0.6) is 0 Å². The van der Waals surface area contributed by atoms with E-state index in [2.05, 4.69) is 20.9 Å². The molecule has 1 aromatic carbocycles. The van der Waals surface area contributed by atoms with E-state index in [0.717, 1.165) is 15.1 Å². The molecule has 0 saturated heterocycles. The van der Waals surface area contributed by atoms with Gasteiger partial charge in [0.05, 0.1) is 14.2 Å². The van der Waals surface area contributed by atoms with E-state index >= 15 is 0 Å². The minimum Gasteiger partial charge on any atom is -0.379 e.